The lowest BCUT2D eigenvalue weighted by atomic mass is 9.86. The molecule has 0 bridgehead atoms. The molecule has 0 heterocycles. The van der Waals surface area contributed by atoms with Crippen LogP contribution in [0.5, 0.6) is 11.5 Å². The van der Waals surface area contributed by atoms with Crippen molar-refractivity contribution in [1.29, 1.82) is 0 Å². The predicted octanol–water partition coefficient (Wildman–Crippen LogP) is 2.78. The van der Waals surface area contributed by atoms with E-state index in [1.165, 1.54) is 0 Å². The molecule has 1 aliphatic rings. The summed E-state index contributed by atoms with van der Waals surface area (Å²) in [7, 11) is 1.65. The quantitative estimate of drug-likeness (QED) is 0.710. The van der Waals surface area contributed by atoms with Gasteiger partial charge in [0.15, 0.2) is 0 Å². The summed E-state index contributed by atoms with van der Waals surface area (Å²) in [6, 6.07) is 17.8. The number of hydrogen-bond acceptors (Lipinski definition) is 5. The smallest absolute Gasteiger partial charge is 0.128 e. The maximum Gasteiger partial charge on any atom is 0.128 e. The highest BCUT2D eigenvalue weighted by Crippen LogP contribution is 2.29. The predicted molar refractivity (Wildman–Crippen MR) is 95.8 cm³/mol. The summed E-state index contributed by atoms with van der Waals surface area (Å²) in [6.45, 7) is 1.64. The molecular weight excluding hydrogens is 318 g/mol. The second-order valence-corrected chi connectivity index (χ2v) is 6.13. The molecule has 0 radical (unpaired) electrons. The van der Waals surface area contributed by atoms with Crippen molar-refractivity contribution in [2.75, 3.05) is 20.3 Å². The first-order chi connectivity index (χ1) is 12.3. The summed E-state index contributed by atoms with van der Waals surface area (Å²) in [4.78, 5) is 0. The Balaban J connectivity index is 1.47. The molecule has 2 N–H and O–H groups in total. The van der Waals surface area contributed by atoms with Crippen molar-refractivity contribution >= 4 is 0 Å². The Morgan fingerprint density at radius 3 is 2.36 bits per heavy atom. The van der Waals surface area contributed by atoms with Gasteiger partial charge in [-0.25, -0.2) is 0 Å². The van der Waals surface area contributed by atoms with Crippen LogP contribution < -0.4 is 15.2 Å². The van der Waals surface area contributed by atoms with Crippen molar-refractivity contribution < 1.29 is 18.9 Å². The summed E-state index contributed by atoms with van der Waals surface area (Å²) < 4.78 is 22.5. The highest BCUT2D eigenvalue weighted by Gasteiger charge is 2.41. The number of methoxy groups -OCH3 is 1. The molecule has 25 heavy (non-hydrogen) atoms. The first kappa shape index (κ1) is 17.7. The number of hydrogen-bond donors (Lipinski definition) is 1. The van der Waals surface area contributed by atoms with E-state index in [0.717, 1.165) is 23.5 Å². The van der Waals surface area contributed by atoms with E-state index in [9.17, 15) is 0 Å². The molecule has 0 saturated heterocycles. The average molecular weight is 343 g/mol. The molecule has 1 aliphatic carbocycles. The molecule has 1 fully saturated rings. The van der Waals surface area contributed by atoms with Crippen molar-refractivity contribution in [3.8, 4) is 11.5 Å². The topological polar surface area (TPSA) is 62.9 Å². The minimum Gasteiger partial charge on any atom is -0.489 e. The molecule has 5 heteroatoms. The fourth-order valence-electron chi connectivity index (χ4n) is 2.76. The molecule has 0 spiro atoms. The molecule has 1 saturated carbocycles. The molecule has 3 rings (SSSR count). The molecule has 3 atom stereocenters. The third-order valence-electron chi connectivity index (χ3n) is 4.25. The Labute approximate surface area is 148 Å². The largest absolute Gasteiger partial charge is 0.489 e. The van der Waals surface area contributed by atoms with E-state index in [4.69, 9.17) is 24.7 Å². The Morgan fingerprint density at radius 2 is 1.68 bits per heavy atom. The van der Waals surface area contributed by atoms with Crippen LogP contribution >= 0.6 is 0 Å². The van der Waals surface area contributed by atoms with Crippen LogP contribution in [0, 0.1) is 0 Å². The third kappa shape index (κ3) is 4.95. The van der Waals surface area contributed by atoms with Crippen molar-refractivity contribution in [2.24, 2.45) is 5.73 Å². The molecule has 134 valence electrons. The number of ether oxygens (including phenoxy) is 4. The van der Waals surface area contributed by atoms with Gasteiger partial charge in [0.25, 0.3) is 0 Å². The second kappa shape index (κ2) is 8.85. The van der Waals surface area contributed by atoms with Crippen LogP contribution in [0.15, 0.2) is 54.6 Å². The lowest BCUT2D eigenvalue weighted by Crippen LogP contribution is -2.59. The van der Waals surface area contributed by atoms with Crippen molar-refractivity contribution in [1.82, 2.24) is 0 Å². The van der Waals surface area contributed by atoms with E-state index in [0.29, 0.717) is 19.8 Å². The summed E-state index contributed by atoms with van der Waals surface area (Å²) >= 11 is 0. The zero-order valence-electron chi connectivity index (χ0n) is 14.5. The SMILES string of the molecule is COCCOC1C(N)CC1Oc1ccc(OCc2ccccc2)cc1. The van der Waals surface area contributed by atoms with Crippen molar-refractivity contribution in [2.45, 2.75) is 31.3 Å². The van der Waals surface area contributed by atoms with E-state index < -0.39 is 0 Å². The highest BCUT2D eigenvalue weighted by molar-refractivity contribution is 5.32. The van der Waals surface area contributed by atoms with Gasteiger partial charge in [-0.15, -0.1) is 0 Å². The normalized spacial score (nSPS) is 22.2. The second-order valence-electron chi connectivity index (χ2n) is 6.13. The maximum absolute atomic E-state index is 6.00. The lowest BCUT2D eigenvalue weighted by Gasteiger charge is -2.41. The van der Waals surface area contributed by atoms with Crippen LogP contribution in [0.2, 0.25) is 0 Å². The Morgan fingerprint density at radius 1 is 0.960 bits per heavy atom. The van der Waals surface area contributed by atoms with Crippen LogP contribution in [0.4, 0.5) is 0 Å². The van der Waals surface area contributed by atoms with Gasteiger partial charge in [0.05, 0.1) is 13.2 Å². The summed E-state index contributed by atoms with van der Waals surface area (Å²) in [5.41, 5.74) is 7.14. The number of nitrogens with two attached hydrogens (primary N) is 1. The molecule has 0 aliphatic heterocycles. The van der Waals surface area contributed by atoms with Gasteiger partial charge in [0, 0.05) is 19.6 Å². The lowest BCUT2D eigenvalue weighted by molar-refractivity contribution is -0.107. The Hall–Kier alpha value is -2.08. The van der Waals surface area contributed by atoms with E-state index in [1.807, 2.05) is 54.6 Å². The van der Waals surface area contributed by atoms with Gasteiger partial charge in [0.1, 0.15) is 30.3 Å². The number of benzene rings is 2. The maximum atomic E-state index is 6.00. The van der Waals surface area contributed by atoms with Gasteiger partial charge in [0.2, 0.25) is 0 Å². The summed E-state index contributed by atoms with van der Waals surface area (Å²) in [5, 5.41) is 0. The summed E-state index contributed by atoms with van der Waals surface area (Å²) in [6.07, 6.45) is 0.705. The minimum absolute atomic E-state index is 0.0112. The first-order valence-electron chi connectivity index (χ1n) is 8.56. The molecule has 3 unspecified atom stereocenters. The molecule has 5 nitrogen and oxygen atoms in total. The standard InChI is InChI=1S/C20H25NO4/c1-22-11-12-23-20-18(21)13-19(20)25-17-9-7-16(8-10-17)24-14-15-5-3-2-4-6-15/h2-10,18-20H,11-14,21H2,1H3. The first-order valence-corrected chi connectivity index (χ1v) is 8.56. The average Bonchev–Trinajstić information content (AvgIpc) is 2.65. The zero-order chi connectivity index (χ0) is 17.5. The highest BCUT2D eigenvalue weighted by atomic mass is 16.6. The molecule has 2 aromatic rings. The van der Waals surface area contributed by atoms with E-state index in [1.54, 1.807) is 7.11 Å². The summed E-state index contributed by atoms with van der Waals surface area (Å²) in [5.74, 6) is 1.61. The molecule has 0 amide bonds. The van der Waals surface area contributed by atoms with Crippen LogP contribution in [0.25, 0.3) is 0 Å². The third-order valence-corrected chi connectivity index (χ3v) is 4.25. The van der Waals surface area contributed by atoms with Crippen LogP contribution in [-0.4, -0.2) is 38.6 Å². The van der Waals surface area contributed by atoms with Gasteiger partial charge >= 0.3 is 0 Å². The van der Waals surface area contributed by atoms with E-state index >= 15 is 0 Å². The Kier molecular flexibility index (Phi) is 6.28. The van der Waals surface area contributed by atoms with Crippen LogP contribution in [0.1, 0.15) is 12.0 Å². The van der Waals surface area contributed by atoms with Gasteiger partial charge in [-0.2, -0.15) is 0 Å². The van der Waals surface area contributed by atoms with E-state index in [2.05, 4.69) is 0 Å². The van der Waals surface area contributed by atoms with Crippen LogP contribution in [-0.2, 0) is 16.1 Å². The number of rotatable bonds is 9. The fraction of sp³-hybridized carbons (Fsp3) is 0.400. The van der Waals surface area contributed by atoms with Gasteiger partial charge in [-0.1, -0.05) is 30.3 Å². The van der Waals surface area contributed by atoms with Crippen molar-refractivity contribution in [3.63, 3.8) is 0 Å². The minimum atomic E-state index is -0.0795. The van der Waals surface area contributed by atoms with Gasteiger partial charge in [-0.05, 0) is 29.8 Å². The van der Waals surface area contributed by atoms with Gasteiger partial charge in [-0.3, -0.25) is 0 Å². The van der Waals surface area contributed by atoms with Gasteiger partial charge < -0.3 is 24.7 Å². The molecule has 2 aromatic carbocycles. The zero-order valence-corrected chi connectivity index (χ0v) is 14.5. The van der Waals surface area contributed by atoms with Crippen molar-refractivity contribution in [3.05, 3.63) is 60.2 Å². The fourth-order valence-corrected chi connectivity index (χ4v) is 2.76. The molecule has 0 aromatic heterocycles. The monoisotopic (exact) mass is 343 g/mol. The van der Waals surface area contributed by atoms with Crippen LogP contribution in [0.3, 0.4) is 0 Å². The Bertz CT molecular complexity index is 632. The van der Waals surface area contributed by atoms with E-state index in [-0.39, 0.29) is 18.2 Å². The molecular formula is C20H25NO4.